The van der Waals surface area contributed by atoms with E-state index in [4.69, 9.17) is 4.52 Å². The summed E-state index contributed by atoms with van der Waals surface area (Å²) in [5, 5.41) is 13.6. The molecule has 132 valence electrons. The van der Waals surface area contributed by atoms with Crippen molar-refractivity contribution in [3.8, 4) is 0 Å². The maximum absolute atomic E-state index is 12.7. The molecule has 0 spiro atoms. The van der Waals surface area contributed by atoms with Crippen molar-refractivity contribution in [1.82, 2.24) is 15.0 Å². The van der Waals surface area contributed by atoms with E-state index in [1.165, 1.54) is 9.80 Å². The highest BCUT2D eigenvalue weighted by molar-refractivity contribution is 5.97. The van der Waals surface area contributed by atoms with Crippen LogP contribution in [0.15, 0.2) is 23.2 Å². The van der Waals surface area contributed by atoms with E-state index >= 15 is 0 Å². The average Bonchev–Trinajstić information content (AvgIpc) is 3.08. The van der Waals surface area contributed by atoms with E-state index in [1.54, 1.807) is 12.1 Å². The number of amides is 2. The maximum Gasteiger partial charge on any atom is 0.314 e. The van der Waals surface area contributed by atoms with Crippen LogP contribution in [0.4, 0.5) is 0 Å². The highest BCUT2D eigenvalue weighted by Gasteiger charge is 2.62. The van der Waals surface area contributed by atoms with Gasteiger partial charge in [0.2, 0.25) is 5.91 Å². The highest BCUT2D eigenvalue weighted by Crippen LogP contribution is 2.44. The van der Waals surface area contributed by atoms with E-state index in [-0.39, 0.29) is 37.1 Å². The van der Waals surface area contributed by atoms with E-state index in [2.05, 4.69) is 11.7 Å². The lowest BCUT2D eigenvalue weighted by Crippen LogP contribution is -2.42. The van der Waals surface area contributed by atoms with Gasteiger partial charge in [-0.3, -0.25) is 14.4 Å². The van der Waals surface area contributed by atoms with Crippen LogP contribution in [-0.2, 0) is 9.59 Å². The van der Waals surface area contributed by atoms with Gasteiger partial charge in [-0.1, -0.05) is 11.2 Å². The van der Waals surface area contributed by atoms with Crippen molar-refractivity contribution in [2.24, 2.45) is 11.3 Å². The Morgan fingerprint density at radius 3 is 2.80 bits per heavy atom. The number of carboxylic acids is 1. The van der Waals surface area contributed by atoms with Gasteiger partial charge in [0.25, 0.3) is 5.91 Å². The smallest absolute Gasteiger partial charge is 0.314 e. The van der Waals surface area contributed by atoms with Crippen molar-refractivity contribution in [3.05, 3.63) is 30.2 Å². The maximum atomic E-state index is 12.7. The number of aliphatic carboxylic acids is 1. The number of carbonyl (C=O) groups excluding carboxylic acids is 2. The van der Waals surface area contributed by atoms with Crippen molar-refractivity contribution in [2.45, 2.75) is 18.8 Å². The van der Waals surface area contributed by atoms with Crippen LogP contribution in [0.2, 0.25) is 0 Å². The van der Waals surface area contributed by atoms with Crippen LogP contribution in [0.25, 0.3) is 0 Å². The second-order valence-electron chi connectivity index (χ2n) is 7.10. The second-order valence-corrected chi connectivity index (χ2v) is 7.10. The molecule has 8 nitrogen and oxygen atoms in total. The molecule has 2 aliphatic heterocycles. The van der Waals surface area contributed by atoms with Crippen molar-refractivity contribution >= 4 is 17.8 Å². The molecule has 0 unspecified atom stereocenters. The summed E-state index contributed by atoms with van der Waals surface area (Å²) in [4.78, 5) is 40.1. The molecule has 1 aromatic heterocycles. The van der Waals surface area contributed by atoms with Crippen LogP contribution in [0, 0.1) is 11.3 Å². The molecule has 0 bridgehead atoms. The number of fused-ring (bicyclic) bond motifs is 1. The van der Waals surface area contributed by atoms with Crippen molar-refractivity contribution in [2.75, 3.05) is 26.2 Å². The third-order valence-electron chi connectivity index (χ3n) is 5.42. The lowest BCUT2D eigenvalue weighted by molar-refractivity contribution is -0.149. The Bertz CT molecular complexity index is 768. The third-order valence-corrected chi connectivity index (χ3v) is 5.42. The van der Waals surface area contributed by atoms with Crippen LogP contribution in [0.3, 0.4) is 0 Å². The Kier molecular flexibility index (Phi) is 3.45. The van der Waals surface area contributed by atoms with Gasteiger partial charge in [-0.2, -0.15) is 0 Å². The minimum absolute atomic E-state index is 0.00314. The first-order chi connectivity index (χ1) is 12.0. The van der Waals surface area contributed by atoms with Gasteiger partial charge in [-0.25, -0.2) is 0 Å². The van der Waals surface area contributed by atoms with Gasteiger partial charge in [-0.05, 0) is 12.8 Å². The van der Waals surface area contributed by atoms with Gasteiger partial charge in [0, 0.05) is 38.2 Å². The fraction of sp³-hybridized carbons (Fsp3) is 0.529. The molecule has 25 heavy (non-hydrogen) atoms. The Labute approximate surface area is 144 Å². The molecular formula is C17H19N3O5. The number of likely N-dealkylation sites (tertiary alicyclic amines) is 2. The van der Waals surface area contributed by atoms with Gasteiger partial charge < -0.3 is 19.4 Å². The zero-order valence-corrected chi connectivity index (χ0v) is 13.7. The standard InChI is InChI=1S/C17H19N3O5/c1-2-5-19-8-17(16(23)24)9-20(7-11(17)14(19)21)15(22)12-6-13(25-18-12)10-3-4-10/h2,6,10-11H,1,3-5,7-9H2,(H,23,24)/t11-,17+/m1/s1. The molecule has 8 heteroatoms. The number of aromatic nitrogens is 1. The van der Waals surface area contributed by atoms with Gasteiger partial charge in [-0.15, -0.1) is 6.58 Å². The molecule has 2 amide bonds. The van der Waals surface area contributed by atoms with Crippen LogP contribution >= 0.6 is 0 Å². The molecule has 0 radical (unpaired) electrons. The molecule has 1 aromatic rings. The van der Waals surface area contributed by atoms with E-state index in [9.17, 15) is 19.5 Å². The minimum Gasteiger partial charge on any atom is -0.481 e. The van der Waals surface area contributed by atoms with E-state index in [0.29, 0.717) is 18.2 Å². The van der Waals surface area contributed by atoms with Gasteiger partial charge >= 0.3 is 5.97 Å². The van der Waals surface area contributed by atoms with E-state index < -0.39 is 17.3 Å². The molecule has 4 rings (SSSR count). The summed E-state index contributed by atoms with van der Waals surface area (Å²) < 4.78 is 5.21. The zero-order chi connectivity index (χ0) is 17.8. The van der Waals surface area contributed by atoms with Gasteiger partial charge in [0.1, 0.15) is 11.2 Å². The van der Waals surface area contributed by atoms with Crippen molar-refractivity contribution in [3.63, 3.8) is 0 Å². The second kappa shape index (κ2) is 5.44. The average molecular weight is 345 g/mol. The number of hydrogen-bond donors (Lipinski definition) is 1. The Morgan fingerprint density at radius 2 is 2.20 bits per heavy atom. The molecule has 3 fully saturated rings. The van der Waals surface area contributed by atoms with E-state index in [1.807, 2.05) is 0 Å². The molecule has 1 aliphatic carbocycles. The zero-order valence-electron chi connectivity index (χ0n) is 13.7. The first kappa shape index (κ1) is 15.9. The van der Waals surface area contributed by atoms with E-state index in [0.717, 1.165) is 12.8 Å². The molecule has 2 atom stereocenters. The first-order valence-electron chi connectivity index (χ1n) is 8.35. The third kappa shape index (κ3) is 2.35. The lowest BCUT2D eigenvalue weighted by atomic mass is 9.81. The Hall–Kier alpha value is -2.64. The summed E-state index contributed by atoms with van der Waals surface area (Å²) in [6.45, 7) is 4.09. The predicted octanol–water partition coefficient (Wildman–Crippen LogP) is 0.723. The largest absolute Gasteiger partial charge is 0.481 e. The first-order valence-corrected chi connectivity index (χ1v) is 8.35. The number of nitrogens with zero attached hydrogens (tertiary/aromatic N) is 3. The van der Waals surface area contributed by atoms with Gasteiger partial charge in [0.15, 0.2) is 5.69 Å². The normalized spacial score (nSPS) is 28.3. The van der Waals surface area contributed by atoms with Crippen LogP contribution in [0.5, 0.6) is 0 Å². The summed E-state index contributed by atoms with van der Waals surface area (Å²) in [6, 6.07) is 1.63. The summed E-state index contributed by atoms with van der Waals surface area (Å²) in [7, 11) is 0. The molecule has 0 aromatic carbocycles. The summed E-state index contributed by atoms with van der Waals surface area (Å²) >= 11 is 0. The molecule has 1 saturated carbocycles. The molecular weight excluding hydrogens is 326 g/mol. The van der Waals surface area contributed by atoms with Crippen LogP contribution < -0.4 is 0 Å². The van der Waals surface area contributed by atoms with Crippen LogP contribution in [-0.4, -0.2) is 64.0 Å². The number of rotatable bonds is 5. The van der Waals surface area contributed by atoms with Crippen molar-refractivity contribution < 1.29 is 24.0 Å². The predicted molar refractivity (Wildman–Crippen MR) is 84.7 cm³/mol. The summed E-state index contributed by atoms with van der Waals surface area (Å²) in [5.74, 6) is -1.37. The Morgan fingerprint density at radius 1 is 1.44 bits per heavy atom. The minimum atomic E-state index is -1.27. The number of hydrogen-bond acceptors (Lipinski definition) is 5. The Balaban J connectivity index is 1.56. The summed E-state index contributed by atoms with van der Waals surface area (Å²) in [5.41, 5.74) is -1.09. The molecule has 2 saturated heterocycles. The van der Waals surface area contributed by atoms with Crippen LogP contribution in [0.1, 0.15) is 35.0 Å². The molecule has 3 aliphatic rings. The number of carbonyl (C=O) groups is 3. The van der Waals surface area contributed by atoms with Crippen molar-refractivity contribution in [1.29, 1.82) is 0 Å². The lowest BCUT2D eigenvalue weighted by Gasteiger charge is -2.24. The topological polar surface area (TPSA) is 104 Å². The monoisotopic (exact) mass is 345 g/mol. The fourth-order valence-electron chi connectivity index (χ4n) is 3.89. The summed E-state index contributed by atoms with van der Waals surface area (Å²) in [6.07, 6.45) is 3.64. The fourth-order valence-corrected chi connectivity index (χ4v) is 3.89. The molecule has 1 N–H and O–H groups in total. The highest BCUT2D eigenvalue weighted by atomic mass is 16.5. The number of carboxylic acid groups (broad SMARTS) is 1. The quantitative estimate of drug-likeness (QED) is 0.789. The van der Waals surface area contributed by atoms with Gasteiger partial charge in [0.05, 0.1) is 5.92 Å². The molecule has 3 heterocycles. The SMILES string of the molecule is C=CCN1C[C@]2(C(=O)O)CN(C(=O)c3cc(C4CC4)on3)C[C@@H]2C1=O.